The van der Waals surface area contributed by atoms with Crippen LogP contribution in [0.15, 0.2) is 48.1 Å². The van der Waals surface area contributed by atoms with Crippen LogP contribution in [-0.4, -0.2) is 28.9 Å². The number of amides is 1. The summed E-state index contributed by atoms with van der Waals surface area (Å²) in [5.41, 5.74) is 1.34. The first-order chi connectivity index (χ1) is 12.7. The molecule has 4 rings (SSSR count). The minimum Gasteiger partial charge on any atom is -0.486 e. The van der Waals surface area contributed by atoms with Crippen molar-refractivity contribution >= 4 is 22.9 Å². The lowest BCUT2D eigenvalue weighted by molar-refractivity contribution is 0.0985. The molecule has 3 heterocycles. The zero-order valence-corrected chi connectivity index (χ0v) is 15.2. The maximum atomic E-state index is 13.2. The molecule has 2 aromatic heterocycles. The molecule has 134 valence electrons. The maximum Gasteiger partial charge on any atom is 0.261 e. The molecule has 1 amide bonds. The highest BCUT2D eigenvalue weighted by atomic mass is 32.1. The van der Waals surface area contributed by atoms with Crippen LogP contribution in [0.3, 0.4) is 0 Å². The molecular weight excluding hydrogens is 350 g/mol. The zero-order chi connectivity index (χ0) is 17.9. The fourth-order valence-electron chi connectivity index (χ4n) is 2.84. The smallest absolute Gasteiger partial charge is 0.261 e. The molecule has 0 aliphatic carbocycles. The first-order valence-electron chi connectivity index (χ1n) is 8.51. The number of rotatable bonds is 5. The van der Waals surface area contributed by atoms with Crippen LogP contribution in [0.2, 0.25) is 0 Å². The number of fused-ring (bicyclic) bond motifs is 1. The van der Waals surface area contributed by atoms with Gasteiger partial charge in [0.15, 0.2) is 11.5 Å². The summed E-state index contributed by atoms with van der Waals surface area (Å²) in [5.74, 6) is 1.29. The van der Waals surface area contributed by atoms with Crippen molar-refractivity contribution in [3.05, 3.63) is 58.5 Å². The highest BCUT2D eigenvalue weighted by molar-refractivity contribution is 7.09. The Balaban J connectivity index is 1.69. The maximum absolute atomic E-state index is 13.2. The van der Waals surface area contributed by atoms with E-state index in [1.807, 2.05) is 42.6 Å². The van der Waals surface area contributed by atoms with E-state index in [0.717, 1.165) is 17.1 Å². The molecule has 6 nitrogen and oxygen atoms in total. The van der Waals surface area contributed by atoms with E-state index in [0.29, 0.717) is 36.8 Å². The number of anilines is 1. The van der Waals surface area contributed by atoms with Gasteiger partial charge in [-0.05, 0) is 30.5 Å². The predicted octanol–water partition coefficient (Wildman–Crippen LogP) is 3.58. The Morgan fingerprint density at radius 1 is 1.27 bits per heavy atom. The van der Waals surface area contributed by atoms with E-state index < -0.39 is 0 Å². The summed E-state index contributed by atoms with van der Waals surface area (Å²) in [6.07, 6.45) is 3.40. The molecule has 0 saturated heterocycles. The molecule has 1 aliphatic rings. The Morgan fingerprint density at radius 2 is 2.12 bits per heavy atom. The average molecular weight is 369 g/mol. The van der Waals surface area contributed by atoms with Gasteiger partial charge in [-0.2, -0.15) is 5.10 Å². The van der Waals surface area contributed by atoms with Crippen molar-refractivity contribution in [2.24, 2.45) is 0 Å². The van der Waals surface area contributed by atoms with Crippen LogP contribution in [0.4, 0.5) is 5.69 Å². The van der Waals surface area contributed by atoms with Crippen molar-refractivity contribution in [1.29, 1.82) is 0 Å². The molecule has 0 saturated carbocycles. The van der Waals surface area contributed by atoms with Gasteiger partial charge < -0.3 is 14.4 Å². The Bertz CT molecular complexity index is 905. The van der Waals surface area contributed by atoms with Crippen LogP contribution in [0.1, 0.15) is 22.2 Å². The monoisotopic (exact) mass is 369 g/mol. The number of carbonyl (C=O) groups excluding carboxylic acids is 1. The zero-order valence-electron chi connectivity index (χ0n) is 14.4. The van der Waals surface area contributed by atoms with Gasteiger partial charge in [0.05, 0.1) is 18.3 Å². The van der Waals surface area contributed by atoms with Gasteiger partial charge in [-0.25, -0.2) is 0 Å². The van der Waals surface area contributed by atoms with Crippen molar-refractivity contribution in [2.75, 3.05) is 18.1 Å². The molecule has 26 heavy (non-hydrogen) atoms. The topological polar surface area (TPSA) is 56.6 Å². The highest BCUT2D eigenvalue weighted by Gasteiger charge is 2.22. The number of aryl methyl sites for hydroxylation is 1. The number of aromatic nitrogens is 2. The molecule has 1 aliphatic heterocycles. The van der Waals surface area contributed by atoms with Crippen LogP contribution in [0, 0.1) is 0 Å². The van der Waals surface area contributed by atoms with E-state index in [-0.39, 0.29) is 5.91 Å². The minimum atomic E-state index is -0.0882. The van der Waals surface area contributed by atoms with Crippen LogP contribution in [0.5, 0.6) is 11.5 Å². The van der Waals surface area contributed by atoms with E-state index in [1.165, 1.54) is 0 Å². The Hall–Kier alpha value is -2.80. The first-order valence-corrected chi connectivity index (χ1v) is 9.39. The van der Waals surface area contributed by atoms with Crippen LogP contribution in [0.25, 0.3) is 0 Å². The molecule has 3 aromatic rings. The largest absolute Gasteiger partial charge is 0.486 e. The third kappa shape index (κ3) is 3.30. The SMILES string of the molecule is CCn1cc(C(=O)N(Cc2cccs2)c2ccc3c(c2)OCCO3)cn1. The van der Waals surface area contributed by atoms with Gasteiger partial charge >= 0.3 is 0 Å². The van der Waals surface area contributed by atoms with Crippen molar-refractivity contribution in [3.8, 4) is 11.5 Å². The number of hydrogen-bond donors (Lipinski definition) is 0. The fraction of sp³-hybridized carbons (Fsp3) is 0.263. The summed E-state index contributed by atoms with van der Waals surface area (Å²) < 4.78 is 13.0. The predicted molar refractivity (Wildman–Crippen MR) is 100 cm³/mol. The normalized spacial score (nSPS) is 12.8. The second-order valence-electron chi connectivity index (χ2n) is 5.88. The molecule has 1 aromatic carbocycles. The fourth-order valence-corrected chi connectivity index (χ4v) is 3.53. The third-order valence-electron chi connectivity index (χ3n) is 4.18. The quantitative estimate of drug-likeness (QED) is 0.690. The summed E-state index contributed by atoms with van der Waals surface area (Å²) in [6, 6.07) is 9.63. The molecular formula is C19H19N3O3S. The van der Waals surface area contributed by atoms with Crippen molar-refractivity contribution < 1.29 is 14.3 Å². The summed E-state index contributed by atoms with van der Waals surface area (Å²) in [7, 11) is 0. The van der Waals surface area contributed by atoms with E-state index in [9.17, 15) is 4.79 Å². The van der Waals surface area contributed by atoms with Crippen molar-refractivity contribution in [2.45, 2.75) is 20.0 Å². The number of thiophene rings is 1. The number of hydrogen-bond acceptors (Lipinski definition) is 5. The molecule has 0 atom stereocenters. The number of ether oxygens (including phenoxy) is 2. The van der Waals surface area contributed by atoms with Gasteiger partial charge in [0.25, 0.3) is 5.91 Å². The number of carbonyl (C=O) groups is 1. The second-order valence-corrected chi connectivity index (χ2v) is 6.92. The minimum absolute atomic E-state index is 0.0882. The van der Waals surface area contributed by atoms with Gasteiger partial charge in [0.1, 0.15) is 13.2 Å². The van der Waals surface area contributed by atoms with E-state index in [1.54, 1.807) is 33.3 Å². The summed E-state index contributed by atoms with van der Waals surface area (Å²) >= 11 is 1.63. The van der Waals surface area contributed by atoms with Crippen LogP contribution < -0.4 is 14.4 Å². The summed E-state index contributed by atoms with van der Waals surface area (Å²) in [6.45, 7) is 4.26. The van der Waals surface area contributed by atoms with E-state index >= 15 is 0 Å². The Labute approximate surface area is 155 Å². The third-order valence-corrected chi connectivity index (χ3v) is 5.04. The highest BCUT2D eigenvalue weighted by Crippen LogP contribution is 2.35. The lowest BCUT2D eigenvalue weighted by Crippen LogP contribution is -2.30. The number of benzene rings is 1. The molecule has 0 radical (unpaired) electrons. The van der Waals surface area contributed by atoms with Gasteiger partial charge in [0.2, 0.25) is 0 Å². The summed E-state index contributed by atoms with van der Waals surface area (Å²) in [4.78, 5) is 16.0. The van der Waals surface area contributed by atoms with Gasteiger partial charge in [0, 0.05) is 29.4 Å². The van der Waals surface area contributed by atoms with Crippen LogP contribution in [-0.2, 0) is 13.1 Å². The Kier molecular flexibility index (Phi) is 4.62. The van der Waals surface area contributed by atoms with Gasteiger partial charge in [-0.1, -0.05) is 6.07 Å². The van der Waals surface area contributed by atoms with E-state index in [4.69, 9.17) is 9.47 Å². The molecule has 0 unspecified atom stereocenters. The molecule has 0 fully saturated rings. The van der Waals surface area contributed by atoms with Gasteiger partial charge in [-0.15, -0.1) is 11.3 Å². The van der Waals surface area contributed by atoms with Gasteiger partial charge in [-0.3, -0.25) is 9.48 Å². The van der Waals surface area contributed by atoms with Crippen molar-refractivity contribution in [1.82, 2.24) is 9.78 Å². The lowest BCUT2D eigenvalue weighted by Gasteiger charge is -2.25. The molecule has 7 heteroatoms. The first kappa shape index (κ1) is 16.7. The molecule has 0 spiro atoms. The lowest BCUT2D eigenvalue weighted by atomic mass is 10.2. The second kappa shape index (κ2) is 7.21. The Morgan fingerprint density at radius 3 is 2.85 bits per heavy atom. The summed E-state index contributed by atoms with van der Waals surface area (Å²) in [5, 5.41) is 6.24. The average Bonchev–Trinajstić information content (AvgIpc) is 3.37. The van der Waals surface area contributed by atoms with E-state index in [2.05, 4.69) is 5.10 Å². The van der Waals surface area contributed by atoms with Crippen LogP contribution >= 0.6 is 11.3 Å². The molecule has 0 N–H and O–H groups in total. The molecule has 0 bridgehead atoms. The van der Waals surface area contributed by atoms with Crippen molar-refractivity contribution in [3.63, 3.8) is 0 Å². The standard InChI is InChI=1S/C19H19N3O3S/c1-2-21-12-14(11-20-21)19(23)22(13-16-4-3-9-26-16)15-5-6-17-18(10-15)25-8-7-24-17/h3-6,9-12H,2,7-8,13H2,1H3. The number of nitrogens with zero attached hydrogens (tertiary/aromatic N) is 3.